The second-order valence-electron chi connectivity index (χ2n) is 7.40. The minimum Gasteiger partial charge on any atom is -0.497 e. The highest BCUT2D eigenvalue weighted by Gasteiger charge is 2.22. The van der Waals surface area contributed by atoms with Crippen molar-refractivity contribution in [3.05, 3.63) is 47.5 Å². The number of halogens is 1. The van der Waals surface area contributed by atoms with Crippen LogP contribution in [-0.2, 0) is 9.53 Å². The van der Waals surface area contributed by atoms with Crippen molar-refractivity contribution in [1.82, 2.24) is 9.88 Å². The van der Waals surface area contributed by atoms with Gasteiger partial charge in [-0.25, -0.2) is 4.98 Å². The second kappa shape index (κ2) is 11.0. The van der Waals surface area contributed by atoms with Gasteiger partial charge in [-0.05, 0) is 30.7 Å². The van der Waals surface area contributed by atoms with Gasteiger partial charge in [0.2, 0.25) is 0 Å². The number of hydrogen-bond acceptors (Lipinski definition) is 7. The lowest BCUT2D eigenvalue weighted by Gasteiger charge is -2.27. The van der Waals surface area contributed by atoms with E-state index in [9.17, 15) is 4.79 Å². The predicted octanol–water partition coefficient (Wildman–Crippen LogP) is 4.09. The first-order valence-electron chi connectivity index (χ1n) is 10.6. The number of rotatable bonds is 9. The van der Waals surface area contributed by atoms with Crippen LogP contribution >= 0.6 is 22.9 Å². The number of carbonyl (C=O) groups is 1. The Morgan fingerprint density at radius 1 is 1.22 bits per heavy atom. The molecule has 2 heterocycles. The standard InChI is InChI=1S/C23H26ClN3O4S/c1-29-17-5-2-6-18(15-17)31-16-21(28)27(10-4-9-26-11-13-30-14-12-26)23-25-22-19(24)7-3-8-20(22)32-23/h2-3,5-8,15H,4,9-14,16H2,1H3. The minimum atomic E-state index is -0.148. The first-order chi connectivity index (χ1) is 15.6. The summed E-state index contributed by atoms with van der Waals surface area (Å²) in [5.74, 6) is 1.11. The quantitative estimate of drug-likeness (QED) is 0.464. The van der Waals surface area contributed by atoms with E-state index in [1.165, 1.54) is 11.3 Å². The Balaban J connectivity index is 1.47. The van der Waals surface area contributed by atoms with E-state index >= 15 is 0 Å². The maximum Gasteiger partial charge on any atom is 0.266 e. The van der Waals surface area contributed by atoms with Gasteiger partial charge in [0.05, 0.1) is 30.0 Å². The van der Waals surface area contributed by atoms with E-state index in [-0.39, 0.29) is 12.5 Å². The van der Waals surface area contributed by atoms with Crippen LogP contribution in [0.3, 0.4) is 0 Å². The average molecular weight is 476 g/mol. The summed E-state index contributed by atoms with van der Waals surface area (Å²) in [5, 5.41) is 1.22. The molecule has 1 fully saturated rings. The Morgan fingerprint density at radius 2 is 2.00 bits per heavy atom. The smallest absolute Gasteiger partial charge is 0.266 e. The molecule has 7 nitrogen and oxygen atoms in total. The third-order valence-electron chi connectivity index (χ3n) is 5.25. The predicted molar refractivity (Wildman–Crippen MR) is 127 cm³/mol. The highest BCUT2D eigenvalue weighted by Crippen LogP contribution is 2.33. The number of para-hydroxylation sites is 1. The van der Waals surface area contributed by atoms with E-state index in [4.69, 9.17) is 25.8 Å². The second-order valence-corrected chi connectivity index (χ2v) is 8.82. The molecule has 0 spiro atoms. The van der Waals surface area contributed by atoms with Crippen molar-refractivity contribution in [3.63, 3.8) is 0 Å². The molecule has 170 valence electrons. The number of fused-ring (bicyclic) bond motifs is 1. The Hall–Kier alpha value is -2.39. The Labute approximate surface area is 196 Å². The van der Waals surface area contributed by atoms with E-state index < -0.39 is 0 Å². The van der Waals surface area contributed by atoms with Gasteiger partial charge in [-0.15, -0.1) is 0 Å². The van der Waals surface area contributed by atoms with Gasteiger partial charge >= 0.3 is 0 Å². The summed E-state index contributed by atoms with van der Waals surface area (Å²) in [6.45, 7) is 4.72. The number of methoxy groups -OCH3 is 1. The molecule has 0 atom stereocenters. The summed E-state index contributed by atoms with van der Waals surface area (Å²) in [7, 11) is 1.60. The zero-order valence-electron chi connectivity index (χ0n) is 18.0. The van der Waals surface area contributed by atoms with Crippen molar-refractivity contribution in [2.45, 2.75) is 6.42 Å². The van der Waals surface area contributed by atoms with Crippen LogP contribution in [0.25, 0.3) is 10.2 Å². The van der Waals surface area contributed by atoms with Gasteiger partial charge in [-0.1, -0.05) is 35.1 Å². The summed E-state index contributed by atoms with van der Waals surface area (Å²) < 4.78 is 17.4. The number of hydrogen-bond donors (Lipinski definition) is 0. The fourth-order valence-corrected chi connectivity index (χ4v) is 4.85. The van der Waals surface area contributed by atoms with Crippen LogP contribution in [0, 0.1) is 0 Å². The summed E-state index contributed by atoms with van der Waals surface area (Å²) >= 11 is 7.78. The Morgan fingerprint density at radius 3 is 2.78 bits per heavy atom. The van der Waals surface area contributed by atoms with Gasteiger partial charge in [0.1, 0.15) is 17.0 Å². The van der Waals surface area contributed by atoms with Crippen molar-refractivity contribution in [2.24, 2.45) is 0 Å². The molecule has 1 amide bonds. The van der Waals surface area contributed by atoms with Crippen LogP contribution < -0.4 is 14.4 Å². The number of morpholine rings is 1. The Kier molecular flexibility index (Phi) is 7.81. The molecule has 3 aromatic rings. The van der Waals surface area contributed by atoms with Crippen LogP contribution in [-0.4, -0.2) is 68.9 Å². The van der Waals surface area contributed by atoms with Crippen LogP contribution in [0.5, 0.6) is 11.5 Å². The van der Waals surface area contributed by atoms with Gasteiger partial charge in [0.15, 0.2) is 11.7 Å². The zero-order chi connectivity index (χ0) is 22.3. The van der Waals surface area contributed by atoms with E-state index in [1.54, 1.807) is 24.1 Å². The van der Waals surface area contributed by atoms with Crippen molar-refractivity contribution in [3.8, 4) is 11.5 Å². The van der Waals surface area contributed by atoms with Crippen molar-refractivity contribution < 1.29 is 19.0 Å². The molecule has 32 heavy (non-hydrogen) atoms. The van der Waals surface area contributed by atoms with Crippen LogP contribution in [0.4, 0.5) is 5.13 Å². The van der Waals surface area contributed by atoms with Gasteiger partial charge in [-0.3, -0.25) is 14.6 Å². The maximum absolute atomic E-state index is 13.2. The number of anilines is 1. The Bertz CT molecular complexity index is 1050. The van der Waals surface area contributed by atoms with E-state index in [0.29, 0.717) is 33.7 Å². The molecule has 0 aliphatic carbocycles. The topological polar surface area (TPSA) is 64.1 Å². The molecule has 1 aromatic heterocycles. The van der Waals surface area contributed by atoms with Crippen molar-refractivity contribution >= 4 is 44.2 Å². The van der Waals surface area contributed by atoms with Crippen molar-refractivity contribution in [1.29, 1.82) is 0 Å². The highest BCUT2D eigenvalue weighted by atomic mass is 35.5. The lowest BCUT2D eigenvalue weighted by molar-refractivity contribution is -0.120. The minimum absolute atomic E-state index is 0.0889. The van der Waals surface area contributed by atoms with Gasteiger partial charge in [0.25, 0.3) is 5.91 Å². The summed E-state index contributed by atoms with van der Waals surface area (Å²) in [6, 6.07) is 12.9. The molecule has 1 aliphatic rings. The highest BCUT2D eigenvalue weighted by molar-refractivity contribution is 7.22. The molecular formula is C23H26ClN3O4S. The number of carbonyl (C=O) groups excluding carboxylic acids is 1. The lowest BCUT2D eigenvalue weighted by atomic mass is 10.3. The number of aromatic nitrogens is 1. The summed E-state index contributed by atoms with van der Waals surface area (Å²) in [4.78, 5) is 21.9. The molecule has 1 aliphatic heterocycles. The summed E-state index contributed by atoms with van der Waals surface area (Å²) in [5.41, 5.74) is 0.717. The zero-order valence-corrected chi connectivity index (χ0v) is 19.5. The molecule has 2 aromatic carbocycles. The van der Waals surface area contributed by atoms with Gasteiger partial charge < -0.3 is 14.2 Å². The lowest BCUT2D eigenvalue weighted by Crippen LogP contribution is -2.40. The molecule has 4 rings (SSSR count). The fraction of sp³-hybridized carbons (Fsp3) is 0.391. The molecule has 0 unspecified atom stereocenters. The maximum atomic E-state index is 13.2. The van der Waals surface area contributed by atoms with Crippen LogP contribution in [0.15, 0.2) is 42.5 Å². The van der Waals surface area contributed by atoms with E-state index in [0.717, 1.165) is 44.0 Å². The molecule has 0 saturated carbocycles. The van der Waals surface area contributed by atoms with Crippen molar-refractivity contribution in [2.75, 3.05) is 58.0 Å². The number of amides is 1. The number of ether oxygens (including phenoxy) is 3. The van der Waals surface area contributed by atoms with Gasteiger partial charge in [0, 0.05) is 32.2 Å². The summed E-state index contributed by atoms with van der Waals surface area (Å²) in [6.07, 6.45) is 0.828. The largest absolute Gasteiger partial charge is 0.497 e. The number of nitrogens with zero attached hydrogens (tertiary/aromatic N) is 3. The molecule has 9 heteroatoms. The van der Waals surface area contributed by atoms with Crippen LogP contribution in [0.1, 0.15) is 6.42 Å². The number of benzene rings is 2. The first-order valence-corrected chi connectivity index (χ1v) is 11.8. The third kappa shape index (κ3) is 5.69. The van der Waals surface area contributed by atoms with Crippen LogP contribution in [0.2, 0.25) is 5.02 Å². The number of thiazole rings is 1. The SMILES string of the molecule is COc1cccc(OCC(=O)N(CCCN2CCOCC2)c2nc3c(Cl)cccc3s2)c1. The average Bonchev–Trinajstić information content (AvgIpc) is 3.26. The molecule has 0 radical (unpaired) electrons. The van der Waals surface area contributed by atoms with Gasteiger partial charge in [-0.2, -0.15) is 0 Å². The third-order valence-corrected chi connectivity index (χ3v) is 6.60. The van der Waals surface area contributed by atoms with E-state index in [2.05, 4.69) is 9.88 Å². The monoisotopic (exact) mass is 475 g/mol. The fourth-order valence-electron chi connectivity index (χ4n) is 3.54. The molecule has 0 N–H and O–H groups in total. The molecular weight excluding hydrogens is 450 g/mol. The molecule has 0 bridgehead atoms. The van der Waals surface area contributed by atoms with E-state index in [1.807, 2.05) is 30.3 Å². The molecule has 1 saturated heterocycles. The normalized spacial score (nSPS) is 14.4. The first kappa shape index (κ1) is 22.8.